The lowest BCUT2D eigenvalue weighted by Gasteiger charge is -2.13. The number of likely N-dealkylation sites (N-methyl/N-ethyl adjacent to an activating group) is 1. The Bertz CT molecular complexity index is 1030. The van der Waals surface area contributed by atoms with Crippen LogP contribution in [0.25, 0.3) is 11.3 Å². The molecule has 0 saturated heterocycles. The normalized spacial score (nSPS) is 10.7. The zero-order valence-corrected chi connectivity index (χ0v) is 16.3. The third-order valence-electron chi connectivity index (χ3n) is 4.11. The fourth-order valence-corrected chi connectivity index (χ4v) is 2.66. The number of anilines is 3. The second-order valence-corrected chi connectivity index (χ2v) is 6.66. The Morgan fingerprint density at radius 1 is 1.17 bits per heavy atom. The van der Waals surface area contributed by atoms with Crippen molar-refractivity contribution in [3.8, 4) is 11.3 Å². The summed E-state index contributed by atoms with van der Waals surface area (Å²) in [6.07, 6.45) is 1.61. The van der Waals surface area contributed by atoms with E-state index in [4.69, 9.17) is 5.73 Å². The van der Waals surface area contributed by atoms with Crippen LogP contribution >= 0.6 is 0 Å². The average Bonchev–Trinajstić information content (AvgIpc) is 2.68. The maximum atomic E-state index is 12.3. The second kappa shape index (κ2) is 8.98. The van der Waals surface area contributed by atoms with E-state index in [1.165, 1.54) is 0 Å². The summed E-state index contributed by atoms with van der Waals surface area (Å²) < 4.78 is 0. The standard InChI is InChI=1S/C20H23N7O2/c1-27(2)11-10-22-20-25-18(16(17(21)28)19(29)26-20)24-14-8-9-15(23-12-14)13-6-4-3-5-7-13/h3-9,12H,10-11H2,1-2H3,(H2,21,28)(H3,22,24,25,26,29). The molecule has 0 unspecified atom stereocenters. The van der Waals surface area contributed by atoms with Gasteiger partial charge in [0.2, 0.25) is 5.95 Å². The molecule has 5 N–H and O–H groups in total. The van der Waals surface area contributed by atoms with Crippen LogP contribution in [-0.2, 0) is 0 Å². The summed E-state index contributed by atoms with van der Waals surface area (Å²) in [5, 5.41) is 5.99. The van der Waals surface area contributed by atoms with Crippen molar-refractivity contribution in [2.24, 2.45) is 5.73 Å². The molecule has 1 amide bonds. The monoisotopic (exact) mass is 393 g/mol. The van der Waals surface area contributed by atoms with Crippen molar-refractivity contribution in [3.05, 3.63) is 64.6 Å². The molecule has 0 aliphatic carbocycles. The predicted octanol–water partition coefficient (Wildman–Crippen LogP) is 1.65. The van der Waals surface area contributed by atoms with Crippen LogP contribution in [0.1, 0.15) is 10.4 Å². The smallest absolute Gasteiger partial charge is 0.267 e. The molecular formula is C20H23N7O2. The van der Waals surface area contributed by atoms with Crippen molar-refractivity contribution in [3.63, 3.8) is 0 Å². The van der Waals surface area contributed by atoms with Gasteiger partial charge in [0.05, 0.1) is 17.6 Å². The van der Waals surface area contributed by atoms with E-state index >= 15 is 0 Å². The predicted molar refractivity (Wildman–Crippen MR) is 113 cm³/mol. The first-order chi connectivity index (χ1) is 13.9. The van der Waals surface area contributed by atoms with Crippen molar-refractivity contribution in [2.75, 3.05) is 37.8 Å². The largest absolute Gasteiger partial charge is 0.365 e. The molecule has 2 aromatic heterocycles. The van der Waals surface area contributed by atoms with Gasteiger partial charge in [0.25, 0.3) is 11.5 Å². The second-order valence-electron chi connectivity index (χ2n) is 6.66. The number of amides is 1. The Hall–Kier alpha value is -3.72. The van der Waals surface area contributed by atoms with Crippen LogP contribution in [0.3, 0.4) is 0 Å². The van der Waals surface area contributed by atoms with Crippen molar-refractivity contribution in [2.45, 2.75) is 0 Å². The zero-order valence-electron chi connectivity index (χ0n) is 16.3. The number of nitrogens with zero attached hydrogens (tertiary/aromatic N) is 3. The van der Waals surface area contributed by atoms with Crippen LogP contribution in [0.15, 0.2) is 53.5 Å². The van der Waals surface area contributed by atoms with Gasteiger partial charge in [0, 0.05) is 18.7 Å². The van der Waals surface area contributed by atoms with Gasteiger partial charge in [0.1, 0.15) is 5.56 Å². The van der Waals surface area contributed by atoms with E-state index in [2.05, 4.69) is 25.6 Å². The lowest BCUT2D eigenvalue weighted by molar-refractivity contribution is 0.0999. The quantitative estimate of drug-likeness (QED) is 0.458. The number of H-pyrrole nitrogens is 1. The van der Waals surface area contributed by atoms with Gasteiger partial charge < -0.3 is 21.3 Å². The first kappa shape index (κ1) is 20.0. The number of aromatic nitrogens is 3. The van der Waals surface area contributed by atoms with Gasteiger partial charge in [-0.2, -0.15) is 4.98 Å². The fraction of sp³-hybridized carbons (Fsp3) is 0.200. The molecule has 0 saturated carbocycles. The molecule has 0 spiro atoms. The van der Waals surface area contributed by atoms with Crippen LogP contribution < -0.4 is 21.9 Å². The van der Waals surface area contributed by atoms with Crippen molar-refractivity contribution >= 4 is 23.4 Å². The number of aromatic amines is 1. The minimum absolute atomic E-state index is 0.0721. The van der Waals surface area contributed by atoms with E-state index in [-0.39, 0.29) is 17.3 Å². The Morgan fingerprint density at radius 3 is 2.55 bits per heavy atom. The molecular weight excluding hydrogens is 370 g/mol. The highest BCUT2D eigenvalue weighted by Crippen LogP contribution is 2.21. The van der Waals surface area contributed by atoms with Gasteiger partial charge in [-0.05, 0) is 26.2 Å². The number of nitrogens with two attached hydrogens (primary N) is 1. The van der Waals surface area contributed by atoms with E-state index in [9.17, 15) is 9.59 Å². The molecule has 1 aromatic carbocycles. The van der Waals surface area contributed by atoms with Gasteiger partial charge in [-0.25, -0.2) is 0 Å². The van der Waals surface area contributed by atoms with Crippen molar-refractivity contribution in [1.82, 2.24) is 19.9 Å². The number of primary amides is 1. The maximum Gasteiger partial charge on any atom is 0.267 e. The topological polar surface area (TPSA) is 129 Å². The summed E-state index contributed by atoms with van der Waals surface area (Å²) in [5.41, 5.74) is 6.88. The third-order valence-corrected chi connectivity index (χ3v) is 4.11. The number of pyridine rings is 1. The van der Waals surface area contributed by atoms with Crippen molar-refractivity contribution in [1.29, 1.82) is 0 Å². The zero-order chi connectivity index (χ0) is 20.8. The maximum absolute atomic E-state index is 12.3. The third kappa shape index (κ3) is 5.17. The first-order valence-corrected chi connectivity index (χ1v) is 9.05. The lowest BCUT2D eigenvalue weighted by atomic mass is 10.1. The molecule has 0 atom stereocenters. The summed E-state index contributed by atoms with van der Waals surface area (Å²) in [4.78, 5) is 37.3. The van der Waals surface area contributed by atoms with E-state index < -0.39 is 11.5 Å². The van der Waals surface area contributed by atoms with E-state index in [1.54, 1.807) is 12.3 Å². The molecule has 9 heteroatoms. The average molecular weight is 393 g/mol. The molecule has 150 valence electrons. The summed E-state index contributed by atoms with van der Waals surface area (Å²) in [6.45, 7) is 1.31. The molecule has 0 fully saturated rings. The lowest BCUT2D eigenvalue weighted by Crippen LogP contribution is -2.28. The molecule has 3 rings (SSSR count). The van der Waals surface area contributed by atoms with Gasteiger partial charge in [-0.3, -0.25) is 19.6 Å². The Kier molecular flexibility index (Phi) is 6.20. The molecule has 0 bridgehead atoms. The highest BCUT2D eigenvalue weighted by Gasteiger charge is 2.17. The summed E-state index contributed by atoms with van der Waals surface area (Å²) in [6, 6.07) is 13.4. The molecule has 2 heterocycles. The number of benzene rings is 1. The Labute approximate surface area is 168 Å². The fourth-order valence-electron chi connectivity index (χ4n) is 2.66. The number of hydrogen-bond acceptors (Lipinski definition) is 7. The van der Waals surface area contributed by atoms with Gasteiger partial charge in [-0.15, -0.1) is 0 Å². The number of carbonyl (C=O) groups excluding carboxylic acids is 1. The molecule has 3 aromatic rings. The number of nitrogens with one attached hydrogen (secondary N) is 3. The summed E-state index contributed by atoms with van der Waals surface area (Å²) in [7, 11) is 3.88. The molecule has 9 nitrogen and oxygen atoms in total. The molecule has 29 heavy (non-hydrogen) atoms. The SMILES string of the molecule is CN(C)CCNc1nc(Nc2ccc(-c3ccccc3)nc2)c(C(N)=O)c(=O)[nH]1. The van der Waals surface area contributed by atoms with Gasteiger partial charge in [0.15, 0.2) is 5.82 Å². The molecule has 0 radical (unpaired) electrons. The summed E-state index contributed by atoms with van der Waals surface area (Å²) >= 11 is 0. The van der Waals surface area contributed by atoms with Crippen LogP contribution in [0.4, 0.5) is 17.5 Å². The van der Waals surface area contributed by atoms with Gasteiger partial charge in [-0.1, -0.05) is 30.3 Å². The van der Waals surface area contributed by atoms with Crippen LogP contribution in [0.2, 0.25) is 0 Å². The van der Waals surface area contributed by atoms with Gasteiger partial charge >= 0.3 is 0 Å². The Morgan fingerprint density at radius 2 is 1.93 bits per heavy atom. The number of hydrogen-bond donors (Lipinski definition) is 4. The van der Waals surface area contributed by atoms with E-state index in [0.29, 0.717) is 12.2 Å². The minimum atomic E-state index is -0.866. The molecule has 0 aliphatic heterocycles. The minimum Gasteiger partial charge on any atom is -0.365 e. The van der Waals surface area contributed by atoms with E-state index in [1.807, 2.05) is 55.4 Å². The van der Waals surface area contributed by atoms with E-state index in [0.717, 1.165) is 17.8 Å². The van der Waals surface area contributed by atoms with Crippen LogP contribution in [0, 0.1) is 0 Å². The number of carbonyl (C=O) groups is 1. The highest BCUT2D eigenvalue weighted by molar-refractivity contribution is 5.98. The summed E-state index contributed by atoms with van der Waals surface area (Å²) in [5.74, 6) is -0.545. The first-order valence-electron chi connectivity index (χ1n) is 9.05. The Balaban J connectivity index is 1.85. The van der Waals surface area contributed by atoms with Crippen molar-refractivity contribution < 1.29 is 4.79 Å². The molecule has 0 aliphatic rings. The highest BCUT2D eigenvalue weighted by atomic mass is 16.2. The van der Waals surface area contributed by atoms with Crippen LogP contribution in [0.5, 0.6) is 0 Å². The number of rotatable bonds is 8. The van der Waals surface area contributed by atoms with Crippen LogP contribution in [-0.4, -0.2) is 52.9 Å².